The van der Waals surface area contributed by atoms with Crippen LogP contribution < -0.4 is 5.32 Å². The summed E-state index contributed by atoms with van der Waals surface area (Å²) in [6, 6.07) is 8.55. The molecule has 0 heterocycles. The van der Waals surface area contributed by atoms with Gasteiger partial charge in [-0.05, 0) is 55.2 Å². The summed E-state index contributed by atoms with van der Waals surface area (Å²) in [4.78, 5) is 0. The Labute approximate surface area is 123 Å². The van der Waals surface area contributed by atoms with Gasteiger partial charge in [-0.1, -0.05) is 38.8 Å². The second-order valence-corrected chi connectivity index (χ2v) is 6.46. The highest BCUT2D eigenvalue weighted by Gasteiger charge is 2.31. The van der Waals surface area contributed by atoms with Crippen molar-refractivity contribution in [3.05, 3.63) is 29.8 Å². The number of benzene rings is 1. The average Bonchev–Trinajstić information content (AvgIpc) is 3.26. The molecule has 2 rings (SSSR count). The molecule has 1 unspecified atom stereocenters. The first-order chi connectivity index (χ1) is 9.67. The van der Waals surface area contributed by atoms with Gasteiger partial charge >= 0.3 is 0 Å². The van der Waals surface area contributed by atoms with Gasteiger partial charge in [0.1, 0.15) is 5.75 Å². The number of unbranched alkanes of at least 4 members (excludes halogenated alkanes) is 1. The molecule has 0 amide bonds. The summed E-state index contributed by atoms with van der Waals surface area (Å²) in [5, 5.41) is 13.4. The molecule has 0 radical (unpaired) electrons. The molecule has 1 aromatic carbocycles. The molecule has 0 saturated heterocycles. The molecular formula is C18H29NO. The van der Waals surface area contributed by atoms with Gasteiger partial charge < -0.3 is 10.4 Å². The number of rotatable bonds is 9. The minimum Gasteiger partial charge on any atom is -0.508 e. The zero-order chi connectivity index (χ0) is 14.4. The Morgan fingerprint density at radius 3 is 2.70 bits per heavy atom. The molecule has 0 aliphatic heterocycles. The van der Waals surface area contributed by atoms with Gasteiger partial charge in [0.05, 0.1) is 0 Å². The lowest BCUT2D eigenvalue weighted by Gasteiger charge is -2.34. The van der Waals surface area contributed by atoms with E-state index in [2.05, 4.69) is 25.2 Å². The molecule has 2 nitrogen and oxygen atoms in total. The van der Waals surface area contributed by atoms with Gasteiger partial charge in [0.2, 0.25) is 0 Å². The average molecular weight is 275 g/mol. The van der Waals surface area contributed by atoms with Crippen LogP contribution in [0.3, 0.4) is 0 Å². The van der Waals surface area contributed by atoms with Crippen LogP contribution in [0, 0.1) is 5.41 Å². The molecule has 1 aliphatic carbocycles. The van der Waals surface area contributed by atoms with Crippen molar-refractivity contribution in [2.45, 2.75) is 64.8 Å². The van der Waals surface area contributed by atoms with E-state index in [1.807, 2.05) is 12.1 Å². The largest absolute Gasteiger partial charge is 0.508 e. The number of hydrogen-bond acceptors (Lipinski definition) is 2. The lowest BCUT2D eigenvalue weighted by Crippen LogP contribution is -2.37. The summed E-state index contributed by atoms with van der Waals surface area (Å²) in [6.45, 7) is 5.69. The third-order valence-corrected chi connectivity index (χ3v) is 4.64. The Bertz CT molecular complexity index is 414. The van der Waals surface area contributed by atoms with Crippen LogP contribution in [0.5, 0.6) is 5.75 Å². The standard InChI is InChI=1S/C18H29NO/c1-3-5-11-18(4-2,14-19-16-9-10-16)13-15-7-6-8-17(20)12-15/h6-8,12,16,19-20H,3-5,9-11,13-14H2,1-2H3. The maximum atomic E-state index is 9.67. The van der Waals surface area contributed by atoms with E-state index < -0.39 is 0 Å². The quantitative estimate of drug-likeness (QED) is 0.705. The maximum absolute atomic E-state index is 9.67. The van der Waals surface area contributed by atoms with E-state index in [0.717, 1.165) is 19.0 Å². The van der Waals surface area contributed by atoms with Gasteiger partial charge in [-0.15, -0.1) is 0 Å². The van der Waals surface area contributed by atoms with E-state index in [4.69, 9.17) is 0 Å². The van der Waals surface area contributed by atoms with Crippen molar-refractivity contribution in [1.82, 2.24) is 5.32 Å². The molecule has 1 fully saturated rings. The third-order valence-electron chi connectivity index (χ3n) is 4.64. The van der Waals surface area contributed by atoms with Crippen LogP contribution in [-0.2, 0) is 6.42 Å². The van der Waals surface area contributed by atoms with Crippen LogP contribution in [0.4, 0.5) is 0 Å². The minimum absolute atomic E-state index is 0.340. The third kappa shape index (κ3) is 4.52. The van der Waals surface area contributed by atoms with E-state index >= 15 is 0 Å². The predicted molar refractivity (Wildman–Crippen MR) is 85.1 cm³/mol. The van der Waals surface area contributed by atoms with Gasteiger partial charge in [-0.3, -0.25) is 0 Å². The molecule has 0 aromatic heterocycles. The SMILES string of the molecule is CCCCC(CC)(CNC1CC1)Cc1cccc(O)c1. The molecule has 2 N–H and O–H groups in total. The first-order valence-corrected chi connectivity index (χ1v) is 8.19. The fourth-order valence-electron chi connectivity index (χ4n) is 2.97. The molecule has 0 bridgehead atoms. The highest BCUT2D eigenvalue weighted by Crippen LogP contribution is 2.34. The summed E-state index contributed by atoms with van der Waals surface area (Å²) < 4.78 is 0. The lowest BCUT2D eigenvalue weighted by atomic mass is 9.75. The Morgan fingerprint density at radius 1 is 1.30 bits per heavy atom. The highest BCUT2D eigenvalue weighted by molar-refractivity contribution is 5.28. The molecule has 20 heavy (non-hydrogen) atoms. The fourth-order valence-corrected chi connectivity index (χ4v) is 2.97. The molecule has 1 aromatic rings. The van der Waals surface area contributed by atoms with Gasteiger partial charge in [0.15, 0.2) is 0 Å². The van der Waals surface area contributed by atoms with Crippen molar-refractivity contribution in [2.24, 2.45) is 5.41 Å². The Kier molecular flexibility index (Phi) is 5.47. The molecular weight excluding hydrogens is 246 g/mol. The summed E-state index contributed by atoms with van der Waals surface area (Å²) in [5.41, 5.74) is 1.60. The summed E-state index contributed by atoms with van der Waals surface area (Å²) in [6.07, 6.45) is 8.78. The molecule has 2 heteroatoms. The first-order valence-electron chi connectivity index (χ1n) is 8.19. The van der Waals surface area contributed by atoms with Crippen LogP contribution in [0.2, 0.25) is 0 Å². The topological polar surface area (TPSA) is 32.3 Å². The van der Waals surface area contributed by atoms with Crippen molar-refractivity contribution in [3.8, 4) is 5.75 Å². The highest BCUT2D eigenvalue weighted by atomic mass is 16.3. The van der Waals surface area contributed by atoms with Gasteiger partial charge in [0.25, 0.3) is 0 Å². The Balaban J connectivity index is 2.05. The van der Waals surface area contributed by atoms with E-state index in [9.17, 15) is 5.11 Å². The summed E-state index contributed by atoms with van der Waals surface area (Å²) >= 11 is 0. The van der Waals surface area contributed by atoms with Crippen LogP contribution in [0.15, 0.2) is 24.3 Å². The van der Waals surface area contributed by atoms with Crippen molar-refractivity contribution in [2.75, 3.05) is 6.54 Å². The zero-order valence-corrected chi connectivity index (χ0v) is 13.0. The number of phenols is 1. The minimum atomic E-state index is 0.340. The zero-order valence-electron chi connectivity index (χ0n) is 13.0. The van der Waals surface area contributed by atoms with Crippen LogP contribution in [-0.4, -0.2) is 17.7 Å². The van der Waals surface area contributed by atoms with Crippen LogP contribution in [0.1, 0.15) is 57.9 Å². The summed E-state index contributed by atoms with van der Waals surface area (Å²) in [5.74, 6) is 0.387. The van der Waals surface area contributed by atoms with E-state index in [0.29, 0.717) is 11.2 Å². The Morgan fingerprint density at radius 2 is 2.10 bits per heavy atom. The summed E-state index contributed by atoms with van der Waals surface area (Å²) in [7, 11) is 0. The second kappa shape index (κ2) is 7.12. The number of phenolic OH excluding ortho intramolecular Hbond substituents is 1. The predicted octanol–water partition coefficient (Wildman–Crippen LogP) is 4.27. The van der Waals surface area contributed by atoms with E-state index in [-0.39, 0.29) is 0 Å². The van der Waals surface area contributed by atoms with E-state index in [1.165, 1.54) is 44.1 Å². The smallest absolute Gasteiger partial charge is 0.115 e. The van der Waals surface area contributed by atoms with Crippen molar-refractivity contribution >= 4 is 0 Å². The second-order valence-electron chi connectivity index (χ2n) is 6.46. The van der Waals surface area contributed by atoms with Crippen molar-refractivity contribution in [1.29, 1.82) is 0 Å². The molecule has 1 saturated carbocycles. The number of nitrogens with one attached hydrogen (secondary N) is 1. The maximum Gasteiger partial charge on any atom is 0.115 e. The van der Waals surface area contributed by atoms with Crippen LogP contribution in [0.25, 0.3) is 0 Å². The van der Waals surface area contributed by atoms with E-state index in [1.54, 1.807) is 6.07 Å². The molecule has 0 spiro atoms. The van der Waals surface area contributed by atoms with Crippen molar-refractivity contribution in [3.63, 3.8) is 0 Å². The lowest BCUT2D eigenvalue weighted by molar-refractivity contribution is 0.228. The van der Waals surface area contributed by atoms with Gasteiger partial charge in [0, 0.05) is 12.6 Å². The monoisotopic (exact) mass is 275 g/mol. The van der Waals surface area contributed by atoms with Gasteiger partial charge in [-0.25, -0.2) is 0 Å². The van der Waals surface area contributed by atoms with Crippen molar-refractivity contribution < 1.29 is 5.11 Å². The number of hydrogen-bond donors (Lipinski definition) is 2. The Hall–Kier alpha value is -1.02. The normalized spacial score (nSPS) is 17.9. The van der Waals surface area contributed by atoms with Crippen LogP contribution >= 0.6 is 0 Å². The first kappa shape index (κ1) is 15.4. The molecule has 1 aliphatic rings. The molecule has 1 atom stereocenters. The number of aromatic hydroxyl groups is 1. The fraction of sp³-hybridized carbons (Fsp3) is 0.667. The van der Waals surface area contributed by atoms with Gasteiger partial charge in [-0.2, -0.15) is 0 Å². The molecule has 112 valence electrons.